The lowest BCUT2D eigenvalue weighted by Gasteiger charge is -2.06. The van der Waals surface area contributed by atoms with Crippen LogP contribution in [0.3, 0.4) is 0 Å². The standard InChI is InChI=1S/C14H14NO/c1-11(16)13-7-8-15-14(10-13)9-12-5-3-2-4-6-12/h2-8,10-11,16H,1,9H2. The Bertz CT molecular complexity index is 451. The molecule has 0 aliphatic carbocycles. The maximum atomic E-state index is 9.38. The van der Waals surface area contributed by atoms with Crippen LogP contribution in [0, 0.1) is 6.92 Å². The van der Waals surface area contributed by atoms with Gasteiger partial charge in [0.1, 0.15) is 0 Å². The maximum absolute atomic E-state index is 9.38. The van der Waals surface area contributed by atoms with Gasteiger partial charge in [-0.05, 0) is 30.2 Å². The van der Waals surface area contributed by atoms with Crippen molar-refractivity contribution in [1.82, 2.24) is 4.98 Å². The molecule has 0 fully saturated rings. The topological polar surface area (TPSA) is 33.1 Å². The van der Waals surface area contributed by atoms with Crippen LogP contribution in [0.4, 0.5) is 0 Å². The second-order valence-corrected chi connectivity index (χ2v) is 3.76. The first-order valence-corrected chi connectivity index (χ1v) is 5.25. The molecule has 0 saturated carbocycles. The van der Waals surface area contributed by atoms with Crippen molar-refractivity contribution in [3.8, 4) is 0 Å². The minimum atomic E-state index is -0.683. The van der Waals surface area contributed by atoms with Gasteiger partial charge < -0.3 is 5.11 Å². The summed E-state index contributed by atoms with van der Waals surface area (Å²) in [5.41, 5.74) is 2.97. The van der Waals surface area contributed by atoms with Crippen molar-refractivity contribution >= 4 is 0 Å². The average Bonchev–Trinajstić information content (AvgIpc) is 2.30. The fourth-order valence-corrected chi connectivity index (χ4v) is 1.61. The Balaban J connectivity index is 2.19. The Morgan fingerprint density at radius 2 is 1.94 bits per heavy atom. The lowest BCUT2D eigenvalue weighted by molar-refractivity contribution is 0.226. The van der Waals surface area contributed by atoms with Crippen LogP contribution in [-0.2, 0) is 6.42 Å². The highest BCUT2D eigenvalue weighted by atomic mass is 16.3. The fraction of sp³-hybridized carbons (Fsp3) is 0.143. The number of aliphatic hydroxyl groups is 1. The summed E-state index contributed by atoms with van der Waals surface area (Å²) in [6, 6.07) is 13.8. The van der Waals surface area contributed by atoms with Crippen molar-refractivity contribution < 1.29 is 5.11 Å². The molecule has 2 aromatic rings. The first-order chi connectivity index (χ1) is 7.75. The van der Waals surface area contributed by atoms with Gasteiger partial charge in [-0.25, -0.2) is 0 Å². The van der Waals surface area contributed by atoms with Crippen molar-refractivity contribution in [2.45, 2.75) is 12.5 Å². The van der Waals surface area contributed by atoms with E-state index < -0.39 is 6.10 Å². The Hall–Kier alpha value is -1.67. The van der Waals surface area contributed by atoms with E-state index in [1.807, 2.05) is 24.3 Å². The lowest BCUT2D eigenvalue weighted by Crippen LogP contribution is -1.97. The normalized spacial score (nSPS) is 12.4. The molecule has 81 valence electrons. The van der Waals surface area contributed by atoms with Crippen molar-refractivity contribution in [3.05, 3.63) is 72.4 Å². The summed E-state index contributed by atoms with van der Waals surface area (Å²) in [6.07, 6.45) is 1.81. The smallest absolute Gasteiger partial charge is 0.0792 e. The van der Waals surface area contributed by atoms with E-state index >= 15 is 0 Å². The summed E-state index contributed by atoms with van der Waals surface area (Å²) in [5.74, 6) is 0. The molecule has 0 bridgehead atoms. The summed E-state index contributed by atoms with van der Waals surface area (Å²) in [4.78, 5) is 4.28. The monoisotopic (exact) mass is 212 g/mol. The minimum Gasteiger partial charge on any atom is -0.388 e. The second-order valence-electron chi connectivity index (χ2n) is 3.76. The van der Waals surface area contributed by atoms with Gasteiger partial charge in [0.2, 0.25) is 0 Å². The van der Waals surface area contributed by atoms with Crippen LogP contribution in [0.1, 0.15) is 22.9 Å². The van der Waals surface area contributed by atoms with E-state index in [-0.39, 0.29) is 0 Å². The quantitative estimate of drug-likeness (QED) is 0.848. The first-order valence-electron chi connectivity index (χ1n) is 5.25. The third kappa shape index (κ3) is 2.67. The molecule has 1 atom stereocenters. The fourth-order valence-electron chi connectivity index (χ4n) is 1.61. The molecule has 1 heterocycles. The largest absolute Gasteiger partial charge is 0.388 e. The Labute approximate surface area is 95.6 Å². The van der Waals surface area contributed by atoms with E-state index in [1.54, 1.807) is 12.3 Å². The zero-order valence-electron chi connectivity index (χ0n) is 9.00. The predicted octanol–water partition coefficient (Wildman–Crippen LogP) is 2.54. The minimum absolute atomic E-state index is 0.683. The zero-order chi connectivity index (χ0) is 11.4. The van der Waals surface area contributed by atoms with Gasteiger partial charge in [0.05, 0.1) is 6.10 Å². The van der Waals surface area contributed by atoms with E-state index in [1.165, 1.54) is 5.56 Å². The van der Waals surface area contributed by atoms with Gasteiger partial charge in [0, 0.05) is 18.3 Å². The van der Waals surface area contributed by atoms with E-state index in [2.05, 4.69) is 24.0 Å². The highest BCUT2D eigenvalue weighted by Crippen LogP contribution is 2.14. The molecule has 0 saturated heterocycles. The van der Waals surface area contributed by atoms with Crippen LogP contribution >= 0.6 is 0 Å². The number of hydrogen-bond donors (Lipinski definition) is 1. The molecule has 2 heteroatoms. The van der Waals surface area contributed by atoms with Gasteiger partial charge >= 0.3 is 0 Å². The number of pyridine rings is 1. The van der Waals surface area contributed by atoms with E-state index in [0.717, 1.165) is 17.7 Å². The van der Waals surface area contributed by atoms with Crippen molar-refractivity contribution in [2.75, 3.05) is 0 Å². The first kappa shape index (κ1) is 10.8. The third-order valence-electron chi connectivity index (χ3n) is 2.45. The van der Waals surface area contributed by atoms with Crippen LogP contribution in [0.2, 0.25) is 0 Å². The summed E-state index contributed by atoms with van der Waals surface area (Å²) >= 11 is 0. The molecular weight excluding hydrogens is 198 g/mol. The summed E-state index contributed by atoms with van der Waals surface area (Å²) in [7, 11) is 0. The van der Waals surface area contributed by atoms with Gasteiger partial charge in [-0.1, -0.05) is 30.3 Å². The van der Waals surface area contributed by atoms with Crippen LogP contribution in [-0.4, -0.2) is 10.1 Å². The third-order valence-corrected chi connectivity index (χ3v) is 2.45. The van der Waals surface area contributed by atoms with E-state index in [9.17, 15) is 5.11 Å². The molecule has 1 aromatic carbocycles. The molecule has 0 amide bonds. The van der Waals surface area contributed by atoms with Gasteiger partial charge in [0.15, 0.2) is 0 Å². The van der Waals surface area contributed by atoms with Gasteiger partial charge in [0.25, 0.3) is 0 Å². The molecule has 0 aliphatic heterocycles. The van der Waals surface area contributed by atoms with E-state index in [0.29, 0.717) is 0 Å². The second kappa shape index (κ2) is 4.90. The van der Waals surface area contributed by atoms with Crippen LogP contribution in [0.25, 0.3) is 0 Å². The number of benzene rings is 1. The molecule has 1 N–H and O–H groups in total. The lowest BCUT2D eigenvalue weighted by atomic mass is 10.1. The van der Waals surface area contributed by atoms with Crippen molar-refractivity contribution in [3.63, 3.8) is 0 Å². The molecule has 0 aliphatic rings. The highest BCUT2D eigenvalue weighted by molar-refractivity contribution is 5.25. The number of aromatic nitrogens is 1. The van der Waals surface area contributed by atoms with Crippen LogP contribution in [0.15, 0.2) is 48.7 Å². The molecule has 2 rings (SSSR count). The number of rotatable bonds is 3. The van der Waals surface area contributed by atoms with Crippen molar-refractivity contribution in [2.24, 2.45) is 0 Å². The maximum Gasteiger partial charge on any atom is 0.0792 e. The van der Waals surface area contributed by atoms with Gasteiger partial charge in [-0.2, -0.15) is 0 Å². The Morgan fingerprint density at radius 1 is 1.19 bits per heavy atom. The van der Waals surface area contributed by atoms with Crippen LogP contribution in [0.5, 0.6) is 0 Å². The molecular formula is C14H14NO. The summed E-state index contributed by atoms with van der Waals surface area (Å²) in [5, 5.41) is 9.38. The Kier molecular flexibility index (Phi) is 3.32. The Morgan fingerprint density at radius 3 is 2.62 bits per heavy atom. The zero-order valence-corrected chi connectivity index (χ0v) is 9.00. The predicted molar refractivity (Wildman–Crippen MR) is 63.8 cm³/mol. The summed E-state index contributed by atoms with van der Waals surface area (Å²) in [6.45, 7) is 3.58. The molecule has 2 nitrogen and oxygen atoms in total. The molecule has 0 spiro atoms. The SMILES string of the molecule is [CH2]C(O)c1ccnc(Cc2ccccc2)c1. The van der Waals surface area contributed by atoms with E-state index in [4.69, 9.17) is 0 Å². The molecule has 1 radical (unpaired) electrons. The van der Waals surface area contributed by atoms with Gasteiger partial charge in [-0.15, -0.1) is 0 Å². The average molecular weight is 212 g/mol. The van der Waals surface area contributed by atoms with Crippen LogP contribution < -0.4 is 0 Å². The highest BCUT2D eigenvalue weighted by Gasteiger charge is 2.03. The number of hydrogen-bond acceptors (Lipinski definition) is 2. The number of nitrogens with zero attached hydrogens (tertiary/aromatic N) is 1. The molecule has 1 unspecified atom stereocenters. The molecule has 1 aromatic heterocycles. The molecule has 16 heavy (non-hydrogen) atoms. The van der Waals surface area contributed by atoms with Crippen molar-refractivity contribution in [1.29, 1.82) is 0 Å². The van der Waals surface area contributed by atoms with Gasteiger partial charge in [-0.3, -0.25) is 4.98 Å². The summed E-state index contributed by atoms with van der Waals surface area (Å²) < 4.78 is 0. The number of aliphatic hydroxyl groups excluding tert-OH is 1.